The van der Waals surface area contributed by atoms with Gasteiger partial charge in [-0.2, -0.15) is 0 Å². The Morgan fingerprint density at radius 3 is 2.43 bits per heavy atom. The number of thiazole rings is 1. The second kappa shape index (κ2) is 16.4. The fourth-order valence-corrected chi connectivity index (χ4v) is 7.94. The standard InChI is InChI=1S/C38H39N3O6S2/c1-3-45-34(43)21-40-37(44)39-20-26-7-6-8-30(19-26)27-15-17-29(18-16-27)36-46-32(23-48-38-41-31-9-4-5-10-33(31)49-38)24(2)35(47-36)28-13-11-25(22-42)12-14-28/h4-19,24,32,35-36,42H,3,20-23H2,1-2H3,(H2,39,40,44)/t24-,32+,35+,36+/m1/s1. The highest BCUT2D eigenvalue weighted by Crippen LogP contribution is 2.43. The van der Waals surface area contributed by atoms with Gasteiger partial charge in [-0.25, -0.2) is 9.78 Å². The van der Waals surface area contributed by atoms with Gasteiger partial charge in [0.1, 0.15) is 6.54 Å². The third kappa shape index (κ3) is 8.86. The van der Waals surface area contributed by atoms with Crippen LogP contribution in [0.5, 0.6) is 0 Å². The summed E-state index contributed by atoms with van der Waals surface area (Å²) in [6.45, 7) is 4.27. The lowest BCUT2D eigenvalue weighted by Crippen LogP contribution is -2.38. The zero-order valence-corrected chi connectivity index (χ0v) is 29.0. The second-order valence-corrected chi connectivity index (χ2v) is 14.0. The van der Waals surface area contributed by atoms with Crippen molar-refractivity contribution in [2.24, 2.45) is 5.92 Å². The summed E-state index contributed by atoms with van der Waals surface area (Å²) in [6.07, 6.45) is -0.875. The number of hydrogen-bond acceptors (Lipinski definition) is 9. The molecule has 0 radical (unpaired) electrons. The molecular formula is C38H39N3O6S2. The minimum atomic E-state index is -0.572. The molecule has 4 atom stereocenters. The van der Waals surface area contributed by atoms with Crippen LogP contribution in [0.4, 0.5) is 4.79 Å². The number of ether oxygens (including phenoxy) is 3. The molecule has 0 unspecified atom stereocenters. The van der Waals surface area contributed by atoms with Crippen molar-refractivity contribution in [2.75, 3.05) is 18.9 Å². The number of nitrogens with zero attached hydrogens (tertiary/aromatic N) is 1. The molecule has 1 aliphatic heterocycles. The largest absolute Gasteiger partial charge is 0.465 e. The van der Waals surface area contributed by atoms with Crippen LogP contribution in [-0.4, -0.2) is 47.1 Å². The summed E-state index contributed by atoms with van der Waals surface area (Å²) in [5.74, 6) is 0.319. The van der Waals surface area contributed by atoms with Crippen LogP contribution in [0.25, 0.3) is 21.3 Å². The second-order valence-electron chi connectivity index (χ2n) is 11.7. The highest BCUT2D eigenvalue weighted by molar-refractivity contribution is 8.01. The molecule has 2 heterocycles. The van der Waals surface area contributed by atoms with Gasteiger partial charge in [0.05, 0.1) is 35.6 Å². The summed E-state index contributed by atoms with van der Waals surface area (Å²) >= 11 is 3.41. The van der Waals surface area contributed by atoms with Crippen LogP contribution in [0.2, 0.25) is 0 Å². The number of urea groups is 1. The Morgan fingerprint density at radius 1 is 0.898 bits per heavy atom. The molecule has 11 heteroatoms. The molecule has 1 aliphatic rings. The first kappa shape index (κ1) is 34.6. The van der Waals surface area contributed by atoms with Crippen molar-refractivity contribution in [1.29, 1.82) is 0 Å². The van der Waals surface area contributed by atoms with Crippen molar-refractivity contribution in [3.8, 4) is 11.1 Å². The van der Waals surface area contributed by atoms with Gasteiger partial charge >= 0.3 is 12.0 Å². The third-order valence-electron chi connectivity index (χ3n) is 8.36. The number of rotatable bonds is 12. The zero-order valence-electron chi connectivity index (χ0n) is 27.3. The molecule has 0 saturated carbocycles. The van der Waals surface area contributed by atoms with Gasteiger partial charge in [0.2, 0.25) is 0 Å². The number of esters is 1. The molecule has 0 aliphatic carbocycles. The molecule has 254 valence electrons. The van der Waals surface area contributed by atoms with Gasteiger partial charge < -0.3 is 30.0 Å². The van der Waals surface area contributed by atoms with Gasteiger partial charge in [0, 0.05) is 23.8 Å². The Labute approximate surface area is 294 Å². The summed E-state index contributed by atoms with van der Waals surface area (Å²) in [5, 5.41) is 14.9. The lowest BCUT2D eigenvalue weighted by atomic mass is 9.91. The molecule has 1 aromatic heterocycles. The van der Waals surface area contributed by atoms with Crippen LogP contribution < -0.4 is 10.6 Å². The number of carbonyl (C=O) groups excluding carboxylic acids is 2. The van der Waals surface area contributed by atoms with Gasteiger partial charge in [-0.1, -0.05) is 97.5 Å². The summed E-state index contributed by atoms with van der Waals surface area (Å²) < 4.78 is 20.3. The number of para-hydroxylation sites is 1. The Bertz CT molecular complexity index is 1830. The van der Waals surface area contributed by atoms with Crippen LogP contribution in [-0.2, 0) is 32.2 Å². The van der Waals surface area contributed by atoms with E-state index in [1.165, 1.54) is 4.70 Å². The zero-order chi connectivity index (χ0) is 34.2. The molecule has 4 aromatic carbocycles. The summed E-state index contributed by atoms with van der Waals surface area (Å²) in [6, 6.07) is 31.8. The van der Waals surface area contributed by atoms with E-state index in [1.54, 1.807) is 30.0 Å². The summed E-state index contributed by atoms with van der Waals surface area (Å²) in [4.78, 5) is 28.4. The van der Waals surface area contributed by atoms with Crippen molar-refractivity contribution in [1.82, 2.24) is 15.6 Å². The van der Waals surface area contributed by atoms with Crippen molar-refractivity contribution < 1.29 is 28.9 Å². The van der Waals surface area contributed by atoms with E-state index in [2.05, 4.69) is 35.8 Å². The molecule has 6 rings (SSSR count). The molecule has 0 spiro atoms. The number of amides is 2. The maximum atomic E-state index is 12.1. The molecule has 9 nitrogen and oxygen atoms in total. The van der Waals surface area contributed by atoms with E-state index < -0.39 is 18.3 Å². The maximum absolute atomic E-state index is 12.1. The molecule has 1 fully saturated rings. The topological polar surface area (TPSA) is 119 Å². The van der Waals surface area contributed by atoms with Gasteiger partial charge in [-0.05, 0) is 52.9 Å². The van der Waals surface area contributed by atoms with Crippen LogP contribution in [0.1, 0.15) is 48.5 Å². The predicted molar refractivity (Wildman–Crippen MR) is 192 cm³/mol. The summed E-state index contributed by atoms with van der Waals surface area (Å²) in [5.41, 5.74) is 6.77. The fraction of sp³-hybridized carbons (Fsp3) is 0.289. The Kier molecular flexibility index (Phi) is 11.6. The SMILES string of the molecule is CCOC(=O)CNC(=O)NCc1cccc(-c2ccc([C@H]3O[C@@H](CSc4nc5ccccc5s4)[C@@H](C)[C@@H](c4ccc(CO)cc4)O3)cc2)c1. The van der Waals surface area contributed by atoms with Gasteiger partial charge in [0.15, 0.2) is 10.6 Å². The Balaban J connectivity index is 1.15. The monoisotopic (exact) mass is 697 g/mol. The van der Waals surface area contributed by atoms with Crippen molar-refractivity contribution >= 4 is 45.3 Å². The number of aliphatic hydroxyl groups excluding tert-OH is 1. The Hall–Kier alpha value is -4.26. The van der Waals surface area contributed by atoms with Crippen LogP contribution >= 0.6 is 23.1 Å². The van der Waals surface area contributed by atoms with E-state index in [9.17, 15) is 14.7 Å². The number of hydrogen-bond donors (Lipinski definition) is 3. The molecule has 5 aromatic rings. The van der Waals surface area contributed by atoms with Crippen molar-refractivity contribution in [3.63, 3.8) is 0 Å². The fourth-order valence-electron chi connectivity index (χ4n) is 5.68. The number of fused-ring (bicyclic) bond motifs is 1. The summed E-state index contributed by atoms with van der Waals surface area (Å²) in [7, 11) is 0. The normalized spacial score (nSPS) is 19.0. The quantitative estimate of drug-likeness (QED) is 0.0912. The van der Waals surface area contributed by atoms with E-state index in [1.807, 2.05) is 78.9 Å². The predicted octanol–water partition coefficient (Wildman–Crippen LogP) is 7.40. The molecule has 49 heavy (non-hydrogen) atoms. The van der Waals surface area contributed by atoms with Gasteiger partial charge in [0.25, 0.3) is 0 Å². The lowest BCUT2D eigenvalue weighted by molar-refractivity contribution is -0.268. The van der Waals surface area contributed by atoms with Crippen LogP contribution in [0, 0.1) is 5.92 Å². The number of aliphatic hydroxyl groups is 1. The Morgan fingerprint density at radius 2 is 1.67 bits per heavy atom. The van der Waals surface area contributed by atoms with E-state index in [-0.39, 0.29) is 37.9 Å². The highest BCUT2D eigenvalue weighted by atomic mass is 32.2. The lowest BCUT2D eigenvalue weighted by Gasteiger charge is -2.41. The number of thioether (sulfide) groups is 1. The smallest absolute Gasteiger partial charge is 0.325 e. The third-order valence-corrected chi connectivity index (χ3v) is 10.6. The van der Waals surface area contributed by atoms with E-state index in [0.717, 1.165) is 49.0 Å². The first-order valence-electron chi connectivity index (χ1n) is 16.3. The van der Waals surface area contributed by atoms with Gasteiger partial charge in [-0.3, -0.25) is 4.79 Å². The highest BCUT2D eigenvalue weighted by Gasteiger charge is 2.38. The number of nitrogens with one attached hydrogen (secondary N) is 2. The van der Waals surface area contributed by atoms with Crippen molar-refractivity contribution in [2.45, 2.75) is 49.8 Å². The minimum Gasteiger partial charge on any atom is -0.465 e. The van der Waals surface area contributed by atoms with Gasteiger partial charge in [-0.15, -0.1) is 11.3 Å². The molecule has 1 saturated heterocycles. The van der Waals surface area contributed by atoms with Crippen LogP contribution in [0.3, 0.4) is 0 Å². The first-order chi connectivity index (χ1) is 23.9. The van der Waals surface area contributed by atoms with E-state index in [0.29, 0.717) is 6.54 Å². The number of benzene rings is 4. The van der Waals surface area contributed by atoms with Crippen LogP contribution in [0.15, 0.2) is 101 Å². The minimum absolute atomic E-state index is 0.00719. The van der Waals surface area contributed by atoms with E-state index >= 15 is 0 Å². The molecule has 2 amide bonds. The average Bonchev–Trinajstić information content (AvgIpc) is 3.56. The molecular weight excluding hydrogens is 659 g/mol. The molecule has 3 N–H and O–H groups in total. The molecule has 0 bridgehead atoms. The average molecular weight is 698 g/mol. The number of aromatic nitrogens is 1. The van der Waals surface area contributed by atoms with Crippen molar-refractivity contribution in [3.05, 3.63) is 119 Å². The number of carbonyl (C=O) groups is 2. The van der Waals surface area contributed by atoms with E-state index in [4.69, 9.17) is 19.2 Å². The first-order valence-corrected chi connectivity index (χ1v) is 18.1. The maximum Gasteiger partial charge on any atom is 0.325 e.